The Morgan fingerprint density at radius 1 is 1.37 bits per heavy atom. The van der Waals surface area contributed by atoms with Crippen LogP contribution in [0.15, 0.2) is 30.3 Å². The molecule has 0 radical (unpaired) electrons. The zero-order valence-electron chi connectivity index (χ0n) is 12.0. The van der Waals surface area contributed by atoms with E-state index in [1.807, 2.05) is 30.3 Å². The molecule has 1 aliphatic heterocycles. The second-order valence-electron chi connectivity index (χ2n) is 5.46. The van der Waals surface area contributed by atoms with Gasteiger partial charge in [-0.2, -0.15) is 0 Å². The molecule has 2 atom stereocenters. The van der Waals surface area contributed by atoms with E-state index in [0.717, 1.165) is 38.2 Å². The van der Waals surface area contributed by atoms with Crippen molar-refractivity contribution in [1.29, 1.82) is 0 Å². The minimum Gasteiger partial charge on any atom is -0.492 e. The van der Waals surface area contributed by atoms with Crippen LogP contribution in [-0.4, -0.2) is 31.4 Å². The highest BCUT2D eigenvalue weighted by atomic mass is 16.5. The van der Waals surface area contributed by atoms with E-state index in [1.54, 1.807) is 0 Å². The lowest BCUT2D eigenvalue weighted by Crippen LogP contribution is -2.45. The minimum atomic E-state index is 0.0518. The zero-order valence-corrected chi connectivity index (χ0v) is 12.0. The van der Waals surface area contributed by atoms with Crippen molar-refractivity contribution in [1.82, 2.24) is 5.32 Å². The average Bonchev–Trinajstić information content (AvgIpc) is 2.45. The molecule has 1 fully saturated rings. The first kappa shape index (κ1) is 14.4. The van der Waals surface area contributed by atoms with E-state index >= 15 is 0 Å². The molecule has 0 amide bonds. The van der Waals surface area contributed by atoms with Crippen LogP contribution in [0.25, 0.3) is 0 Å². The molecule has 2 unspecified atom stereocenters. The standard InChI is InChI=1S/C16H25NO2/c1-3-16(2)13-14(9-11-19-16)17-10-12-18-15-7-5-4-6-8-15/h4-8,14,17H,3,9-13H2,1-2H3. The molecule has 2 rings (SSSR count). The highest BCUT2D eigenvalue weighted by molar-refractivity contribution is 5.20. The molecule has 1 N–H and O–H groups in total. The van der Waals surface area contributed by atoms with Gasteiger partial charge in [-0.15, -0.1) is 0 Å². The maximum absolute atomic E-state index is 5.85. The Balaban J connectivity index is 1.66. The average molecular weight is 263 g/mol. The van der Waals surface area contributed by atoms with Crippen molar-refractivity contribution < 1.29 is 9.47 Å². The summed E-state index contributed by atoms with van der Waals surface area (Å²) in [5, 5.41) is 3.58. The number of para-hydroxylation sites is 1. The Kier molecular flexibility index (Phi) is 5.23. The zero-order chi connectivity index (χ0) is 13.6. The van der Waals surface area contributed by atoms with Crippen molar-refractivity contribution in [2.75, 3.05) is 19.8 Å². The highest BCUT2D eigenvalue weighted by Crippen LogP contribution is 2.27. The van der Waals surface area contributed by atoms with Crippen LogP contribution >= 0.6 is 0 Å². The predicted molar refractivity (Wildman–Crippen MR) is 77.6 cm³/mol. The van der Waals surface area contributed by atoms with E-state index in [1.165, 1.54) is 0 Å². The van der Waals surface area contributed by atoms with Gasteiger partial charge in [0.1, 0.15) is 12.4 Å². The summed E-state index contributed by atoms with van der Waals surface area (Å²) in [6.45, 7) is 6.87. The summed E-state index contributed by atoms with van der Waals surface area (Å²) >= 11 is 0. The Morgan fingerprint density at radius 2 is 2.16 bits per heavy atom. The molecule has 0 spiro atoms. The SMILES string of the molecule is CCC1(C)CC(NCCOc2ccccc2)CCO1. The van der Waals surface area contributed by atoms with Gasteiger partial charge in [-0.1, -0.05) is 25.1 Å². The minimum absolute atomic E-state index is 0.0518. The molecule has 0 saturated carbocycles. The summed E-state index contributed by atoms with van der Waals surface area (Å²) in [4.78, 5) is 0. The Bertz CT molecular complexity index is 368. The lowest BCUT2D eigenvalue weighted by molar-refractivity contribution is -0.0780. The number of hydrogen-bond donors (Lipinski definition) is 1. The number of ether oxygens (including phenoxy) is 2. The van der Waals surface area contributed by atoms with E-state index in [0.29, 0.717) is 12.6 Å². The molecule has 1 aromatic rings. The fraction of sp³-hybridized carbons (Fsp3) is 0.625. The van der Waals surface area contributed by atoms with E-state index in [2.05, 4.69) is 19.2 Å². The molecule has 3 heteroatoms. The molecule has 0 aromatic heterocycles. The Morgan fingerprint density at radius 3 is 2.89 bits per heavy atom. The van der Waals surface area contributed by atoms with E-state index < -0.39 is 0 Å². The summed E-state index contributed by atoms with van der Waals surface area (Å²) in [5.41, 5.74) is 0.0518. The van der Waals surface area contributed by atoms with Crippen molar-refractivity contribution >= 4 is 0 Å². The summed E-state index contributed by atoms with van der Waals surface area (Å²) in [5.74, 6) is 0.940. The third kappa shape index (κ3) is 4.51. The van der Waals surface area contributed by atoms with E-state index in [4.69, 9.17) is 9.47 Å². The van der Waals surface area contributed by atoms with Gasteiger partial charge in [0, 0.05) is 19.2 Å². The molecule has 1 saturated heterocycles. The normalized spacial score (nSPS) is 27.2. The van der Waals surface area contributed by atoms with Crippen LogP contribution in [0, 0.1) is 0 Å². The smallest absolute Gasteiger partial charge is 0.119 e. The summed E-state index contributed by atoms with van der Waals surface area (Å²) < 4.78 is 11.5. The Labute approximate surface area is 116 Å². The van der Waals surface area contributed by atoms with Gasteiger partial charge in [-0.05, 0) is 38.3 Å². The quantitative estimate of drug-likeness (QED) is 0.800. The molecule has 1 heterocycles. The topological polar surface area (TPSA) is 30.5 Å². The van der Waals surface area contributed by atoms with Crippen molar-refractivity contribution in [2.45, 2.75) is 44.8 Å². The number of hydrogen-bond acceptors (Lipinski definition) is 3. The fourth-order valence-corrected chi connectivity index (χ4v) is 2.50. The van der Waals surface area contributed by atoms with Crippen molar-refractivity contribution in [3.05, 3.63) is 30.3 Å². The molecular formula is C16H25NO2. The fourth-order valence-electron chi connectivity index (χ4n) is 2.50. The lowest BCUT2D eigenvalue weighted by atomic mass is 9.90. The highest BCUT2D eigenvalue weighted by Gasteiger charge is 2.31. The monoisotopic (exact) mass is 263 g/mol. The second kappa shape index (κ2) is 6.92. The molecule has 1 aliphatic rings. The van der Waals surface area contributed by atoms with Crippen LogP contribution in [-0.2, 0) is 4.74 Å². The summed E-state index contributed by atoms with van der Waals surface area (Å²) in [6, 6.07) is 10.5. The second-order valence-corrected chi connectivity index (χ2v) is 5.46. The molecule has 0 aliphatic carbocycles. The van der Waals surface area contributed by atoms with Crippen LogP contribution in [0.1, 0.15) is 33.1 Å². The molecular weight excluding hydrogens is 238 g/mol. The maximum Gasteiger partial charge on any atom is 0.119 e. The van der Waals surface area contributed by atoms with Gasteiger partial charge in [-0.25, -0.2) is 0 Å². The molecule has 1 aromatic carbocycles. The molecule has 0 bridgehead atoms. The third-order valence-corrected chi connectivity index (χ3v) is 3.89. The Hall–Kier alpha value is -1.06. The first-order chi connectivity index (χ1) is 9.22. The third-order valence-electron chi connectivity index (χ3n) is 3.89. The van der Waals surface area contributed by atoms with Crippen LogP contribution in [0.5, 0.6) is 5.75 Å². The van der Waals surface area contributed by atoms with E-state index in [-0.39, 0.29) is 5.60 Å². The molecule has 3 nitrogen and oxygen atoms in total. The predicted octanol–water partition coefficient (Wildman–Crippen LogP) is 3.00. The lowest BCUT2D eigenvalue weighted by Gasteiger charge is -2.38. The molecule has 19 heavy (non-hydrogen) atoms. The van der Waals surface area contributed by atoms with Gasteiger partial charge in [0.15, 0.2) is 0 Å². The largest absolute Gasteiger partial charge is 0.492 e. The van der Waals surface area contributed by atoms with Gasteiger partial charge >= 0.3 is 0 Å². The number of benzene rings is 1. The van der Waals surface area contributed by atoms with Crippen LogP contribution < -0.4 is 10.1 Å². The van der Waals surface area contributed by atoms with Gasteiger partial charge in [0.05, 0.1) is 5.60 Å². The van der Waals surface area contributed by atoms with Crippen LogP contribution in [0.3, 0.4) is 0 Å². The van der Waals surface area contributed by atoms with Gasteiger partial charge in [0.25, 0.3) is 0 Å². The number of rotatable bonds is 6. The first-order valence-electron chi connectivity index (χ1n) is 7.27. The van der Waals surface area contributed by atoms with Crippen LogP contribution in [0.2, 0.25) is 0 Å². The number of nitrogens with one attached hydrogen (secondary N) is 1. The summed E-state index contributed by atoms with van der Waals surface area (Å²) in [7, 11) is 0. The van der Waals surface area contributed by atoms with Gasteiger partial charge in [0.2, 0.25) is 0 Å². The van der Waals surface area contributed by atoms with Gasteiger partial charge in [-0.3, -0.25) is 0 Å². The maximum atomic E-state index is 5.85. The van der Waals surface area contributed by atoms with Gasteiger partial charge < -0.3 is 14.8 Å². The summed E-state index contributed by atoms with van der Waals surface area (Å²) in [6.07, 6.45) is 3.27. The van der Waals surface area contributed by atoms with Crippen molar-refractivity contribution in [3.63, 3.8) is 0 Å². The van der Waals surface area contributed by atoms with Crippen molar-refractivity contribution in [3.8, 4) is 5.75 Å². The molecule has 106 valence electrons. The first-order valence-corrected chi connectivity index (χ1v) is 7.27. The van der Waals surface area contributed by atoms with E-state index in [9.17, 15) is 0 Å². The van der Waals surface area contributed by atoms with Crippen LogP contribution in [0.4, 0.5) is 0 Å². The van der Waals surface area contributed by atoms with Crippen molar-refractivity contribution in [2.24, 2.45) is 0 Å².